The van der Waals surface area contributed by atoms with Crippen LogP contribution in [-0.2, 0) is 0 Å². The number of hydrazone groups is 1. The molecule has 0 spiro atoms. The average Bonchev–Trinajstić information content (AvgIpc) is 2.03. The van der Waals surface area contributed by atoms with Crippen LogP contribution >= 0.6 is 0 Å². The normalized spacial score (nSPS) is 11.9. The zero-order valence-corrected chi connectivity index (χ0v) is 8.67. The van der Waals surface area contributed by atoms with E-state index in [1.807, 2.05) is 5.01 Å². The summed E-state index contributed by atoms with van der Waals surface area (Å²) in [6, 6.07) is 0. The molecule has 0 radical (unpaired) electrons. The second kappa shape index (κ2) is 5.81. The van der Waals surface area contributed by atoms with Gasteiger partial charge in [-0.15, -0.1) is 0 Å². The lowest BCUT2D eigenvalue weighted by Crippen LogP contribution is -2.11. The lowest BCUT2D eigenvalue weighted by atomic mass is 10.1. The number of hydrogen-bond donors (Lipinski definition) is 0. The molecule has 0 unspecified atom stereocenters. The van der Waals surface area contributed by atoms with Crippen molar-refractivity contribution in [2.45, 2.75) is 34.1 Å². The average molecular weight is 168 g/mol. The molecule has 0 aliphatic rings. The van der Waals surface area contributed by atoms with Gasteiger partial charge in [0.2, 0.25) is 0 Å². The molecule has 0 heterocycles. The Morgan fingerprint density at radius 3 is 2.50 bits per heavy atom. The monoisotopic (exact) mass is 168 g/mol. The highest BCUT2D eigenvalue weighted by molar-refractivity contribution is 5.23. The van der Waals surface area contributed by atoms with E-state index in [1.165, 1.54) is 5.57 Å². The summed E-state index contributed by atoms with van der Waals surface area (Å²) in [4.78, 5) is 0. The maximum Gasteiger partial charge on any atom is 0.0406 e. The predicted octanol–water partition coefficient (Wildman–Crippen LogP) is 2.87. The molecule has 0 aliphatic carbocycles. The van der Waals surface area contributed by atoms with Gasteiger partial charge in [0.1, 0.15) is 0 Å². The van der Waals surface area contributed by atoms with Crippen LogP contribution in [0.15, 0.2) is 16.9 Å². The first-order chi connectivity index (χ1) is 5.61. The predicted molar refractivity (Wildman–Crippen MR) is 55.1 cm³/mol. The maximum absolute atomic E-state index is 3.91. The smallest absolute Gasteiger partial charge is 0.0406 e. The number of nitrogens with zero attached hydrogens (tertiary/aromatic N) is 2. The standard InChI is InChI=1S/C10H20N2/c1-6-7-12(11-5)8-10(4)9(2)3/h8-9H,5-7H2,1-4H3/b10-8+. The van der Waals surface area contributed by atoms with Crippen molar-refractivity contribution in [3.63, 3.8) is 0 Å². The Hall–Kier alpha value is -0.790. The van der Waals surface area contributed by atoms with Crippen LogP contribution in [0.4, 0.5) is 0 Å². The molecule has 0 amide bonds. The molecule has 0 aromatic carbocycles. The zero-order chi connectivity index (χ0) is 9.56. The van der Waals surface area contributed by atoms with Crippen molar-refractivity contribution in [3.8, 4) is 0 Å². The summed E-state index contributed by atoms with van der Waals surface area (Å²) in [5.41, 5.74) is 1.34. The van der Waals surface area contributed by atoms with Gasteiger partial charge in [-0.3, -0.25) is 5.01 Å². The Kier molecular flexibility index (Phi) is 5.43. The van der Waals surface area contributed by atoms with Crippen molar-refractivity contribution < 1.29 is 0 Å². The number of rotatable bonds is 5. The van der Waals surface area contributed by atoms with Crippen LogP contribution < -0.4 is 0 Å². The van der Waals surface area contributed by atoms with Crippen molar-refractivity contribution in [1.29, 1.82) is 0 Å². The SMILES string of the molecule is C=NN(/C=C(\C)C(C)C)CCC. The minimum absolute atomic E-state index is 0.589. The molecule has 0 N–H and O–H groups in total. The van der Waals surface area contributed by atoms with Gasteiger partial charge in [0.15, 0.2) is 0 Å². The van der Waals surface area contributed by atoms with Gasteiger partial charge < -0.3 is 0 Å². The van der Waals surface area contributed by atoms with Crippen molar-refractivity contribution >= 4 is 6.72 Å². The van der Waals surface area contributed by atoms with E-state index >= 15 is 0 Å². The van der Waals surface area contributed by atoms with Crippen molar-refractivity contribution in [1.82, 2.24) is 5.01 Å². The van der Waals surface area contributed by atoms with Crippen molar-refractivity contribution in [3.05, 3.63) is 11.8 Å². The van der Waals surface area contributed by atoms with Gasteiger partial charge in [-0.1, -0.05) is 26.3 Å². The molecule has 12 heavy (non-hydrogen) atoms. The van der Waals surface area contributed by atoms with Gasteiger partial charge in [-0.25, -0.2) is 0 Å². The molecule has 70 valence electrons. The van der Waals surface area contributed by atoms with Crippen LogP contribution in [0, 0.1) is 5.92 Å². The molecule has 0 bridgehead atoms. The Morgan fingerprint density at radius 2 is 2.17 bits per heavy atom. The fourth-order valence-corrected chi connectivity index (χ4v) is 0.789. The van der Waals surface area contributed by atoms with Crippen molar-refractivity contribution in [2.75, 3.05) is 6.54 Å². The van der Waals surface area contributed by atoms with Crippen LogP contribution in [0.1, 0.15) is 34.1 Å². The molecule has 0 aliphatic heterocycles. The molecule has 0 rings (SSSR count). The maximum atomic E-state index is 3.91. The first-order valence-electron chi connectivity index (χ1n) is 4.53. The summed E-state index contributed by atoms with van der Waals surface area (Å²) in [6.45, 7) is 13.1. The van der Waals surface area contributed by atoms with Gasteiger partial charge in [-0.05, 0) is 19.3 Å². The molecule has 0 aromatic rings. The van der Waals surface area contributed by atoms with Crippen LogP contribution in [0.25, 0.3) is 0 Å². The largest absolute Gasteiger partial charge is 0.273 e. The lowest BCUT2D eigenvalue weighted by molar-refractivity contribution is 0.395. The summed E-state index contributed by atoms with van der Waals surface area (Å²) in [5.74, 6) is 0.589. The van der Waals surface area contributed by atoms with Crippen LogP contribution in [0.3, 0.4) is 0 Å². The van der Waals surface area contributed by atoms with E-state index < -0.39 is 0 Å². The summed E-state index contributed by atoms with van der Waals surface area (Å²) in [5, 5.41) is 5.81. The summed E-state index contributed by atoms with van der Waals surface area (Å²) < 4.78 is 0. The number of allylic oxidation sites excluding steroid dienone is 1. The lowest BCUT2D eigenvalue weighted by Gasteiger charge is -2.15. The van der Waals surface area contributed by atoms with Crippen LogP contribution in [0.2, 0.25) is 0 Å². The fourth-order valence-electron chi connectivity index (χ4n) is 0.789. The molecular weight excluding hydrogens is 148 g/mol. The van der Waals surface area contributed by atoms with E-state index in [0.717, 1.165) is 13.0 Å². The highest BCUT2D eigenvalue weighted by Gasteiger charge is 1.98. The van der Waals surface area contributed by atoms with Crippen molar-refractivity contribution in [2.24, 2.45) is 11.0 Å². The van der Waals surface area contributed by atoms with Gasteiger partial charge in [0.25, 0.3) is 0 Å². The van der Waals surface area contributed by atoms with Crippen LogP contribution in [-0.4, -0.2) is 18.3 Å². The molecular formula is C10H20N2. The van der Waals surface area contributed by atoms with E-state index in [1.54, 1.807) is 0 Å². The molecule has 0 saturated carbocycles. The first kappa shape index (κ1) is 11.2. The Bertz CT molecular complexity index is 159. The quantitative estimate of drug-likeness (QED) is 0.455. The molecule has 2 heteroatoms. The molecule has 0 fully saturated rings. The minimum atomic E-state index is 0.589. The van der Waals surface area contributed by atoms with Crippen LogP contribution in [0.5, 0.6) is 0 Å². The first-order valence-corrected chi connectivity index (χ1v) is 4.53. The Balaban J connectivity index is 4.14. The topological polar surface area (TPSA) is 15.6 Å². The third-order valence-electron chi connectivity index (χ3n) is 1.90. The van der Waals surface area contributed by atoms with E-state index in [-0.39, 0.29) is 0 Å². The second-order valence-electron chi connectivity index (χ2n) is 3.33. The molecule has 2 nitrogen and oxygen atoms in total. The number of hydrogen-bond acceptors (Lipinski definition) is 2. The molecule has 0 saturated heterocycles. The summed E-state index contributed by atoms with van der Waals surface area (Å²) in [7, 11) is 0. The third kappa shape index (κ3) is 4.16. The van der Waals surface area contributed by atoms with E-state index in [0.29, 0.717) is 5.92 Å². The summed E-state index contributed by atoms with van der Waals surface area (Å²) >= 11 is 0. The van der Waals surface area contributed by atoms with Gasteiger partial charge in [0, 0.05) is 19.5 Å². The third-order valence-corrected chi connectivity index (χ3v) is 1.90. The molecule has 0 atom stereocenters. The Morgan fingerprint density at radius 1 is 1.58 bits per heavy atom. The highest BCUT2D eigenvalue weighted by Crippen LogP contribution is 2.09. The van der Waals surface area contributed by atoms with E-state index in [9.17, 15) is 0 Å². The van der Waals surface area contributed by atoms with E-state index in [2.05, 4.69) is 45.7 Å². The van der Waals surface area contributed by atoms with E-state index in [4.69, 9.17) is 0 Å². The van der Waals surface area contributed by atoms with Gasteiger partial charge >= 0.3 is 0 Å². The molecule has 0 aromatic heterocycles. The summed E-state index contributed by atoms with van der Waals surface area (Å²) in [6.07, 6.45) is 3.17. The highest BCUT2D eigenvalue weighted by atomic mass is 15.4. The second-order valence-corrected chi connectivity index (χ2v) is 3.33. The van der Waals surface area contributed by atoms with Gasteiger partial charge in [0.05, 0.1) is 0 Å². The van der Waals surface area contributed by atoms with Gasteiger partial charge in [-0.2, -0.15) is 5.10 Å². The fraction of sp³-hybridized carbons (Fsp3) is 0.700. The zero-order valence-electron chi connectivity index (χ0n) is 8.67. The Labute approximate surface area is 76.0 Å². The minimum Gasteiger partial charge on any atom is -0.273 e.